The smallest absolute Gasteiger partial charge is 0.0998 e. The predicted molar refractivity (Wildman–Crippen MR) is 67.3 cm³/mol. The molecule has 4 heteroatoms. The first kappa shape index (κ1) is 11.2. The summed E-state index contributed by atoms with van der Waals surface area (Å²) < 4.78 is 0. The number of aryl methyl sites for hydroxylation is 1. The second-order valence-electron chi connectivity index (χ2n) is 3.59. The van der Waals surface area contributed by atoms with Crippen LogP contribution in [0.4, 0.5) is 0 Å². The summed E-state index contributed by atoms with van der Waals surface area (Å²) in [5.74, 6) is 0. The first-order valence-electron chi connectivity index (χ1n) is 5.46. The second kappa shape index (κ2) is 5.72. The van der Waals surface area contributed by atoms with Crippen molar-refractivity contribution in [3.63, 3.8) is 0 Å². The fraction of sp³-hybridized carbons (Fsp3) is 0.333. The van der Waals surface area contributed by atoms with Crippen molar-refractivity contribution in [3.05, 3.63) is 34.8 Å². The number of hydrogen-bond acceptors (Lipinski definition) is 4. The molecule has 2 aromatic heterocycles. The Bertz CT molecular complexity index is 425. The Hall–Kier alpha value is -1.26. The van der Waals surface area contributed by atoms with E-state index < -0.39 is 0 Å². The van der Waals surface area contributed by atoms with Crippen LogP contribution in [0.5, 0.6) is 0 Å². The zero-order valence-electron chi connectivity index (χ0n) is 9.10. The molecule has 16 heavy (non-hydrogen) atoms. The highest BCUT2D eigenvalue weighted by Crippen LogP contribution is 2.20. The fourth-order valence-electron chi connectivity index (χ4n) is 1.48. The number of rotatable bonds is 5. The van der Waals surface area contributed by atoms with Gasteiger partial charge in [-0.2, -0.15) is 0 Å². The van der Waals surface area contributed by atoms with E-state index in [0.717, 1.165) is 37.2 Å². The number of unbranched alkanes of at least 4 members (excludes halogenated alkanes) is 1. The van der Waals surface area contributed by atoms with Gasteiger partial charge in [-0.25, -0.2) is 4.98 Å². The number of nitrogens with two attached hydrogens (primary N) is 1. The summed E-state index contributed by atoms with van der Waals surface area (Å²) in [7, 11) is 0. The minimum absolute atomic E-state index is 0.762. The molecule has 3 nitrogen and oxygen atoms in total. The van der Waals surface area contributed by atoms with Gasteiger partial charge in [0.15, 0.2) is 0 Å². The maximum absolute atomic E-state index is 5.46. The lowest BCUT2D eigenvalue weighted by molar-refractivity contribution is 0.742. The van der Waals surface area contributed by atoms with E-state index >= 15 is 0 Å². The molecule has 2 aromatic rings. The summed E-state index contributed by atoms with van der Waals surface area (Å²) in [5.41, 5.74) is 7.39. The van der Waals surface area contributed by atoms with Crippen molar-refractivity contribution in [1.82, 2.24) is 9.97 Å². The Kier molecular flexibility index (Phi) is 4.02. The number of aromatic nitrogens is 2. The van der Waals surface area contributed by atoms with Crippen LogP contribution in [0.15, 0.2) is 29.8 Å². The average Bonchev–Trinajstić information content (AvgIpc) is 2.79. The molecule has 0 amide bonds. The van der Waals surface area contributed by atoms with Crippen molar-refractivity contribution in [2.45, 2.75) is 19.3 Å². The topological polar surface area (TPSA) is 51.8 Å². The quantitative estimate of drug-likeness (QED) is 0.807. The Morgan fingerprint density at radius 3 is 2.88 bits per heavy atom. The van der Waals surface area contributed by atoms with E-state index in [1.807, 2.05) is 18.2 Å². The van der Waals surface area contributed by atoms with Crippen LogP contribution in [-0.2, 0) is 6.42 Å². The van der Waals surface area contributed by atoms with Gasteiger partial charge in [0, 0.05) is 11.6 Å². The molecule has 2 heterocycles. The summed E-state index contributed by atoms with van der Waals surface area (Å²) in [4.78, 5) is 8.85. The number of hydrogen-bond donors (Lipinski definition) is 1. The zero-order chi connectivity index (χ0) is 11.2. The number of nitrogens with zero attached hydrogens (tertiary/aromatic N) is 2. The van der Waals surface area contributed by atoms with Gasteiger partial charge < -0.3 is 5.73 Å². The molecule has 2 N–H and O–H groups in total. The third kappa shape index (κ3) is 2.87. The van der Waals surface area contributed by atoms with Crippen LogP contribution in [0.2, 0.25) is 0 Å². The monoisotopic (exact) mass is 233 g/mol. The van der Waals surface area contributed by atoms with Crippen LogP contribution >= 0.6 is 11.3 Å². The minimum Gasteiger partial charge on any atom is -0.330 e. The van der Waals surface area contributed by atoms with E-state index in [4.69, 9.17) is 5.73 Å². The molecular formula is C12H15N3S. The van der Waals surface area contributed by atoms with E-state index in [1.165, 1.54) is 5.01 Å². The Labute approximate surface area is 99.4 Å². The number of pyridine rings is 1. The van der Waals surface area contributed by atoms with Crippen LogP contribution in [0, 0.1) is 0 Å². The van der Waals surface area contributed by atoms with Gasteiger partial charge in [0.1, 0.15) is 0 Å². The fourth-order valence-corrected chi connectivity index (χ4v) is 2.31. The van der Waals surface area contributed by atoms with E-state index in [0.29, 0.717) is 0 Å². The van der Waals surface area contributed by atoms with Crippen molar-refractivity contribution in [2.24, 2.45) is 5.73 Å². The first-order chi connectivity index (χ1) is 7.90. The Morgan fingerprint density at radius 1 is 1.19 bits per heavy atom. The van der Waals surface area contributed by atoms with Gasteiger partial charge in [0.05, 0.1) is 16.4 Å². The highest BCUT2D eigenvalue weighted by atomic mass is 32.1. The highest BCUT2D eigenvalue weighted by Gasteiger charge is 2.04. The third-order valence-electron chi connectivity index (χ3n) is 2.32. The summed E-state index contributed by atoms with van der Waals surface area (Å²) >= 11 is 1.70. The van der Waals surface area contributed by atoms with E-state index in [9.17, 15) is 0 Å². The maximum atomic E-state index is 5.46. The summed E-state index contributed by atoms with van der Waals surface area (Å²) in [6, 6.07) is 5.88. The molecule has 0 saturated heterocycles. The van der Waals surface area contributed by atoms with E-state index in [-0.39, 0.29) is 0 Å². The summed E-state index contributed by atoms with van der Waals surface area (Å²) in [5, 5.41) is 3.24. The lowest BCUT2D eigenvalue weighted by atomic mass is 10.2. The van der Waals surface area contributed by atoms with Crippen LogP contribution < -0.4 is 5.73 Å². The minimum atomic E-state index is 0.762. The molecule has 0 aliphatic rings. The Morgan fingerprint density at radius 2 is 2.12 bits per heavy atom. The van der Waals surface area contributed by atoms with Crippen molar-refractivity contribution < 1.29 is 0 Å². The average molecular weight is 233 g/mol. The predicted octanol–water partition coefficient (Wildman–Crippen LogP) is 2.49. The molecule has 0 spiro atoms. The van der Waals surface area contributed by atoms with Gasteiger partial charge in [-0.1, -0.05) is 6.07 Å². The standard InChI is InChI=1S/C12H15N3S/c13-7-3-1-6-12-15-11(9-16-12)10-5-2-4-8-14-10/h2,4-5,8-9H,1,3,6-7,13H2. The molecule has 2 rings (SSSR count). The molecule has 0 atom stereocenters. The molecule has 0 radical (unpaired) electrons. The van der Waals surface area contributed by atoms with Crippen molar-refractivity contribution in [3.8, 4) is 11.4 Å². The lowest BCUT2D eigenvalue weighted by Crippen LogP contribution is -1.98. The van der Waals surface area contributed by atoms with Crippen molar-refractivity contribution in [2.75, 3.05) is 6.54 Å². The summed E-state index contributed by atoms with van der Waals surface area (Å²) in [6.45, 7) is 0.762. The van der Waals surface area contributed by atoms with Crippen molar-refractivity contribution in [1.29, 1.82) is 0 Å². The number of thiazole rings is 1. The van der Waals surface area contributed by atoms with Gasteiger partial charge in [-0.05, 0) is 37.9 Å². The van der Waals surface area contributed by atoms with Crippen molar-refractivity contribution >= 4 is 11.3 Å². The van der Waals surface area contributed by atoms with Crippen LogP contribution in [-0.4, -0.2) is 16.5 Å². The van der Waals surface area contributed by atoms with E-state index in [2.05, 4.69) is 15.3 Å². The molecule has 84 valence electrons. The van der Waals surface area contributed by atoms with E-state index in [1.54, 1.807) is 17.5 Å². The SMILES string of the molecule is NCCCCc1nc(-c2ccccn2)cs1. The lowest BCUT2D eigenvalue weighted by Gasteiger charge is -1.95. The van der Waals surface area contributed by atoms with Crippen LogP contribution in [0.1, 0.15) is 17.8 Å². The molecule has 0 aromatic carbocycles. The molecular weight excluding hydrogens is 218 g/mol. The molecule has 0 aliphatic carbocycles. The van der Waals surface area contributed by atoms with Gasteiger partial charge in [-0.15, -0.1) is 11.3 Å². The molecule has 0 aliphatic heterocycles. The second-order valence-corrected chi connectivity index (χ2v) is 4.53. The largest absolute Gasteiger partial charge is 0.330 e. The first-order valence-corrected chi connectivity index (χ1v) is 6.34. The van der Waals surface area contributed by atoms with Crippen LogP contribution in [0.3, 0.4) is 0 Å². The van der Waals surface area contributed by atoms with Crippen LogP contribution in [0.25, 0.3) is 11.4 Å². The normalized spacial score (nSPS) is 10.6. The molecule has 0 saturated carbocycles. The maximum Gasteiger partial charge on any atom is 0.0998 e. The molecule has 0 bridgehead atoms. The Balaban J connectivity index is 2.02. The molecule has 0 fully saturated rings. The van der Waals surface area contributed by atoms with Gasteiger partial charge >= 0.3 is 0 Å². The zero-order valence-corrected chi connectivity index (χ0v) is 9.91. The highest BCUT2D eigenvalue weighted by molar-refractivity contribution is 7.09. The summed E-state index contributed by atoms with van der Waals surface area (Å²) in [6.07, 6.45) is 5.00. The van der Waals surface area contributed by atoms with Gasteiger partial charge in [0.25, 0.3) is 0 Å². The van der Waals surface area contributed by atoms with Gasteiger partial charge in [-0.3, -0.25) is 4.98 Å². The third-order valence-corrected chi connectivity index (χ3v) is 3.23. The van der Waals surface area contributed by atoms with Gasteiger partial charge in [0.2, 0.25) is 0 Å². The molecule has 0 unspecified atom stereocenters.